The van der Waals surface area contributed by atoms with Crippen molar-refractivity contribution in [3.05, 3.63) is 78.2 Å². The molecule has 1 aliphatic rings. The van der Waals surface area contributed by atoms with Crippen LogP contribution in [0.1, 0.15) is 25.3 Å². The molecular weight excluding hydrogens is 430 g/mol. The molecule has 2 aromatic heterocycles. The quantitative estimate of drug-likeness (QED) is 0.367. The molecule has 0 bridgehead atoms. The molecule has 2 aromatic carbocycles. The maximum atomic E-state index is 6.65. The van der Waals surface area contributed by atoms with E-state index in [-0.39, 0.29) is 0 Å². The topological polar surface area (TPSA) is 48.0 Å². The van der Waals surface area contributed by atoms with Crippen LogP contribution in [0.3, 0.4) is 0 Å². The minimum Gasteiger partial charge on any atom is -0.372 e. The van der Waals surface area contributed by atoms with Gasteiger partial charge in [-0.2, -0.15) is 0 Å². The molecule has 5 rings (SSSR count). The second kappa shape index (κ2) is 8.91. The highest BCUT2D eigenvalue weighted by atomic mass is 35.5. The zero-order valence-corrected chi connectivity index (χ0v) is 19.7. The number of halogens is 1. The Morgan fingerprint density at radius 1 is 1.00 bits per heavy atom. The van der Waals surface area contributed by atoms with Gasteiger partial charge in [0.1, 0.15) is 0 Å². The molecule has 1 saturated heterocycles. The third-order valence-corrected chi connectivity index (χ3v) is 6.77. The number of hydrogen-bond donors (Lipinski definition) is 1. The SMILES string of the molecule is C=C(CCC)N1CCN(C(=C)c2ccc3c(Cl)cc(-c4ccc5nc[nH]c5c4)nc3c2)CC1. The van der Waals surface area contributed by atoms with Crippen molar-refractivity contribution in [2.45, 2.75) is 19.8 Å². The first-order chi connectivity index (χ1) is 16.0. The summed E-state index contributed by atoms with van der Waals surface area (Å²) >= 11 is 6.65. The minimum absolute atomic E-state index is 0.694. The van der Waals surface area contributed by atoms with Gasteiger partial charge in [0.05, 0.1) is 33.6 Å². The van der Waals surface area contributed by atoms with Crippen LogP contribution in [0.15, 0.2) is 67.6 Å². The van der Waals surface area contributed by atoms with E-state index in [9.17, 15) is 0 Å². The highest BCUT2D eigenvalue weighted by Gasteiger charge is 2.20. The van der Waals surface area contributed by atoms with E-state index in [1.807, 2.05) is 24.3 Å². The molecule has 0 aliphatic carbocycles. The van der Waals surface area contributed by atoms with Crippen LogP contribution in [-0.2, 0) is 0 Å². The van der Waals surface area contributed by atoms with Crippen molar-refractivity contribution in [1.82, 2.24) is 24.8 Å². The maximum absolute atomic E-state index is 6.65. The summed E-state index contributed by atoms with van der Waals surface area (Å²) in [6.07, 6.45) is 3.90. The van der Waals surface area contributed by atoms with Gasteiger partial charge in [-0.15, -0.1) is 0 Å². The number of piperazine rings is 1. The van der Waals surface area contributed by atoms with Crippen molar-refractivity contribution in [3.8, 4) is 11.3 Å². The van der Waals surface area contributed by atoms with E-state index in [1.165, 1.54) is 5.70 Å². The molecule has 4 aromatic rings. The molecule has 1 aliphatic heterocycles. The van der Waals surface area contributed by atoms with Crippen molar-refractivity contribution in [2.75, 3.05) is 26.2 Å². The molecule has 5 nitrogen and oxygen atoms in total. The minimum atomic E-state index is 0.694. The van der Waals surface area contributed by atoms with Crippen LogP contribution in [0.4, 0.5) is 0 Å². The van der Waals surface area contributed by atoms with E-state index in [2.05, 4.69) is 58.0 Å². The molecule has 3 heterocycles. The van der Waals surface area contributed by atoms with Gasteiger partial charge < -0.3 is 14.8 Å². The van der Waals surface area contributed by atoms with Gasteiger partial charge in [0.15, 0.2) is 0 Å². The Bertz CT molecular complexity index is 1350. The summed E-state index contributed by atoms with van der Waals surface area (Å²) in [7, 11) is 0. The predicted molar refractivity (Wildman–Crippen MR) is 138 cm³/mol. The number of imidazole rings is 1. The van der Waals surface area contributed by atoms with Crippen LogP contribution in [0, 0.1) is 0 Å². The standard InChI is InChI=1S/C27H28ClN5/c1-4-5-18(2)32-10-12-33(13-11-32)19(3)20-6-8-22-23(28)16-25(31-26(22)14-20)21-7-9-24-27(15-21)30-17-29-24/h6-9,14-17H,2-5,10-13H2,1H3,(H,29,30). The Morgan fingerprint density at radius 3 is 2.58 bits per heavy atom. The normalized spacial score (nSPS) is 14.2. The largest absolute Gasteiger partial charge is 0.372 e. The van der Waals surface area contributed by atoms with Crippen LogP contribution >= 0.6 is 11.6 Å². The average Bonchev–Trinajstić information content (AvgIpc) is 3.31. The molecule has 6 heteroatoms. The van der Waals surface area contributed by atoms with Crippen LogP contribution in [0.2, 0.25) is 5.02 Å². The van der Waals surface area contributed by atoms with Crippen molar-refractivity contribution < 1.29 is 0 Å². The Hall–Kier alpha value is -3.31. The lowest BCUT2D eigenvalue weighted by Gasteiger charge is -2.39. The van der Waals surface area contributed by atoms with E-state index in [4.69, 9.17) is 16.6 Å². The summed E-state index contributed by atoms with van der Waals surface area (Å²) < 4.78 is 0. The first kappa shape index (κ1) is 21.5. The highest BCUT2D eigenvalue weighted by Crippen LogP contribution is 2.31. The number of aromatic nitrogens is 3. The summed E-state index contributed by atoms with van der Waals surface area (Å²) in [5.74, 6) is 0. The van der Waals surface area contributed by atoms with Gasteiger partial charge in [-0.25, -0.2) is 9.97 Å². The third-order valence-electron chi connectivity index (χ3n) is 6.46. The lowest BCUT2D eigenvalue weighted by molar-refractivity contribution is 0.209. The van der Waals surface area contributed by atoms with E-state index in [1.54, 1.807) is 6.33 Å². The first-order valence-electron chi connectivity index (χ1n) is 11.4. The molecule has 0 amide bonds. The van der Waals surface area contributed by atoms with Gasteiger partial charge in [0, 0.05) is 48.5 Å². The maximum Gasteiger partial charge on any atom is 0.0931 e. The smallest absolute Gasteiger partial charge is 0.0931 e. The van der Waals surface area contributed by atoms with Gasteiger partial charge >= 0.3 is 0 Å². The monoisotopic (exact) mass is 457 g/mol. The molecule has 0 spiro atoms. The van der Waals surface area contributed by atoms with Crippen LogP contribution in [-0.4, -0.2) is 50.9 Å². The molecule has 33 heavy (non-hydrogen) atoms. The fourth-order valence-electron chi connectivity index (χ4n) is 4.53. The Morgan fingerprint density at radius 2 is 1.79 bits per heavy atom. The summed E-state index contributed by atoms with van der Waals surface area (Å²) in [6.45, 7) is 14.7. The fourth-order valence-corrected chi connectivity index (χ4v) is 4.79. The number of H-pyrrole nitrogens is 1. The van der Waals surface area contributed by atoms with Gasteiger partial charge in [-0.3, -0.25) is 0 Å². The van der Waals surface area contributed by atoms with Crippen molar-refractivity contribution in [2.24, 2.45) is 0 Å². The number of hydrogen-bond acceptors (Lipinski definition) is 4. The van der Waals surface area contributed by atoms with Crippen molar-refractivity contribution >= 4 is 39.2 Å². The molecule has 0 unspecified atom stereocenters. The summed E-state index contributed by atoms with van der Waals surface area (Å²) in [4.78, 5) is 17.2. The summed E-state index contributed by atoms with van der Waals surface area (Å²) in [5, 5.41) is 1.64. The number of allylic oxidation sites excluding steroid dienone is 1. The van der Waals surface area contributed by atoms with Crippen LogP contribution < -0.4 is 0 Å². The van der Waals surface area contributed by atoms with E-state index >= 15 is 0 Å². The Kier molecular flexibility index (Phi) is 5.81. The van der Waals surface area contributed by atoms with Crippen molar-refractivity contribution in [1.29, 1.82) is 0 Å². The molecule has 0 atom stereocenters. The van der Waals surface area contributed by atoms with E-state index in [0.29, 0.717) is 5.02 Å². The zero-order chi connectivity index (χ0) is 22.9. The second-order valence-corrected chi connectivity index (χ2v) is 9.00. The number of pyridine rings is 1. The number of nitrogens with one attached hydrogen (secondary N) is 1. The molecule has 0 saturated carbocycles. The molecule has 1 N–H and O–H groups in total. The Labute approximate surface area is 199 Å². The number of aromatic amines is 1. The Balaban J connectivity index is 1.40. The van der Waals surface area contributed by atoms with Gasteiger partial charge in [-0.05, 0) is 36.2 Å². The first-order valence-corrected chi connectivity index (χ1v) is 11.8. The molecular formula is C27H28ClN5. The number of fused-ring (bicyclic) bond motifs is 2. The van der Waals surface area contributed by atoms with Gasteiger partial charge in [0.2, 0.25) is 0 Å². The lowest BCUT2D eigenvalue weighted by atomic mass is 10.1. The zero-order valence-electron chi connectivity index (χ0n) is 18.9. The van der Waals surface area contributed by atoms with Gasteiger partial charge in [0.25, 0.3) is 0 Å². The predicted octanol–water partition coefficient (Wildman–Crippen LogP) is 6.33. The molecule has 168 valence electrons. The second-order valence-electron chi connectivity index (χ2n) is 8.59. The van der Waals surface area contributed by atoms with Crippen LogP contribution in [0.5, 0.6) is 0 Å². The average molecular weight is 458 g/mol. The number of rotatable bonds is 6. The number of benzene rings is 2. The fraction of sp³-hybridized carbons (Fsp3) is 0.259. The molecule has 0 radical (unpaired) electrons. The number of nitrogens with zero attached hydrogens (tertiary/aromatic N) is 4. The van der Waals surface area contributed by atoms with Crippen molar-refractivity contribution in [3.63, 3.8) is 0 Å². The summed E-state index contributed by atoms with van der Waals surface area (Å²) in [5.41, 5.74) is 7.98. The van der Waals surface area contributed by atoms with E-state index < -0.39 is 0 Å². The summed E-state index contributed by atoms with van der Waals surface area (Å²) in [6, 6.07) is 14.3. The third kappa shape index (κ3) is 4.21. The van der Waals surface area contributed by atoms with Gasteiger partial charge in [-0.1, -0.05) is 56.3 Å². The van der Waals surface area contributed by atoms with Crippen LogP contribution in [0.25, 0.3) is 38.9 Å². The highest BCUT2D eigenvalue weighted by molar-refractivity contribution is 6.35. The lowest BCUT2D eigenvalue weighted by Crippen LogP contribution is -2.44. The molecule has 1 fully saturated rings. The van der Waals surface area contributed by atoms with E-state index in [0.717, 1.165) is 83.5 Å².